The summed E-state index contributed by atoms with van der Waals surface area (Å²) in [6.45, 7) is 1.90. The Labute approximate surface area is 95.0 Å². The molecule has 0 bridgehead atoms. The largest absolute Gasteiger partial charge is 0.478 e. The molecule has 2 rings (SSSR count). The Morgan fingerprint density at radius 3 is 2.56 bits per heavy atom. The normalized spacial score (nSPS) is 35.3. The van der Waals surface area contributed by atoms with E-state index < -0.39 is 11.6 Å². The molecule has 0 aromatic rings. The Morgan fingerprint density at radius 2 is 2.12 bits per heavy atom. The molecule has 90 valence electrons. The van der Waals surface area contributed by atoms with Crippen molar-refractivity contribution in [2.45, 2.75) is 51.0 Å². The number of hydrogen-bond acceptors (Lipinski definition) is 3. The number of carboxylic acids is 1. The van der Waals surface area contributed by atoms with Gasteiger partial charge in [-0.2, -0.15) is 0 Å². The van der Waals surface area contributed by atoms with Gasteiger partial charge in [0.2, 0.25) is 5.60 Å². The van der Waals surface area contributed by atoms with Gasteiger partial charge in [0, 0.05) is 12.3 Å². The second kappa shape index (κ2) is 4.07. The molecule has 4 nitrogen and oxygen atoms in total. The van der Waals surface area contributed by atoms with Crippen molar-refractivity contribution in [1.29, 1.82) is 0 Å². The molecule has 16 heavy (non-hydrogen) atoms. The lowest BCUT2D eigenvalue weighted by Gasteiger charge is -2.29. The van der Waals surface area contributed by atoms with Crippen LogP contribution in [0.25, 0.3) is 0 Å². The predicted octanol–water partition coefficient (Wildman–Crippen LogP) is 1.97. The Balaban J connectivity index is 2.24. The van der Waals surface area contributed by atoms with Crippen molar-refractivity contribution in [1.82, 2.24) is 0 Å². The summed E-state index contributed by atoms with van der Waals surface area (Å²) in [6.07, 6.45) is 4.87. The third kappa shape index (κ3) is 1.60. The average Bonchev–Trinajstić information content (AvgIpc) is 2.84. The molecule has 1 N–H and O–H groups in total. The minimum atomic E-state index is -1.21. The van der Waals surface area contributed by atoms with Crippen molar-refractivity contribution in [3.05, 3.63) is 0 Å². The van der Waals surface area contributed by atoms with Gasteiger partial charge in [0.05, 0.1) is 5.92 Å². The minimum Gasteiger partial charge on any atom is -0.478 e. The quantitative estimate of drug-likeness (QED) is 0.747. The number of ether oxygens (including phenoxy) is 1. The van der Waals surface area contributed by atoms with Crippen LogP contribution in [0.1, 0.15) is 45.4 Å². The zero-order valence-electron chi connectivity index (χ0n) is 9.57. The molecule has 1 aliphatic heterocycles. The Bertz CT molecular complexity index is 306. The zero-order chi connectivity index (χ0) is 11.8. The van der Waals surface area contributed by atoms with Gasteiger partial charge in [-0.3, -0.25) is 4.79 Å². The molecule has 1 saturated heterocycles. The third-order valence-electron chi connectivity index (χ3n) is 4.04. The van der Waals surface area contributed by atoms with Gasteiger partial charge < -0.3 is 9.84 Å². The molecule has 2 fully saturated rings. The van der Waals surface area contributed by atoms with E-state index in [1.165, 1.54) is 0 Å². The average molecular weight is 226 g/mol. The molecule has 0 radical (unpaired) electrons. The highest BCUT2D eigenvalue weighted by Crippen LogP contribution is 2.45. The second-order valence-corrected chi connectivity index (χ2v) is 4.91. The zero-order valence-corrected chi connectivity index (χ0v) is 9.57. The molecule has 2 unspecified atom stereocenters. The Hall–Kier alpha value is -1.06. The summed E-state index contributed by atoms with van der Waals surface area (Å²) in [7, 11) is 0. The molecule has 2 aliphatic rings. The van der Waals surface area contributed by atoms with Crippen LogP contribution in [0.5, 0.6) is 0 Å². The van der Waals surface area contributed by atoms with Gasteiger partial charge in [-0.05, 0) is 19.3 Å². The van der Waals surface area contributed by atoms with E-state index in [9.17, 15) is 14.7 Å². The van der Waals surface area contributed by atoms with Crippen molar-refractivity contribution >= 4 is 11.9 Å². The van der Waals surface area contributed by atoms with E-state index in [0.717, 1.165) is 25.7 Å². The van der Waals surface area contributed by atoms with Crippen LogP contribution in [-0.4, -0.2) is 22.6 Å². The van der Waals surface area contributed by atoms with Gasteiger partial charge >= 0.3 is 11.9 Å². The lowest BCUT2D eigenvalue weighted by Crippen LogP contribution is -2.44. The van der Waals surface area contributed by atoms with Crippen molar-refractivity contribution in [2.75, 3.05) is 0 Å². The van der Waals surface area contributed by atoms with E-state index in [0.29, 0.717) is 12.8 Å². The number of hydrogen-bond donors (Lipinski definition) is 1. The molecule has 0 aromatic carbocycles. The van der Waals surface area contributed by atoms with E-state index in [1.54, 1.807) is 0 Å². The molecule has 1 aliphatic carbocycles. The Kier molecular flexibility index (Phi) is 2.91. The van der Waals surface area contributed by atoms with Gasteiger partial charge in [-0.1, -0.05) is 19.8 Å². The molecule has 2 atom stereocenters. The number of carbonyl (C=O) groups is 2. The van der Waals surface area contributed by atoms with Crippen molar-refractivity contribution < 1.29 is 19.4 Å². The summed E-state index contributed by atoms with van der Waals surface area (Å²) >= 11 is 0. The fraction of sp³-hybridized carbons (Fsp3) is 0.833. The van der Waals surface area contributed by atoms with E-state index in [2.05, 4.69) is 0 Å². The first-order chi connectivity index (χ1) is 7.60. The number of cyclic esters (lactones) is 1. The first kappa shape index (κ1) is 11.4. The monoisotopic (exact) mass is 226 g/mol. The SMILES string of the molecule is CCC1CC(C(=O)O)(C2CCCC2)OC1=O. The van der Waals surface area contributed by atoms with Gasteiger partial charge in [-0.15, -0.1) is 0 Å². The van der Waals surface area contributed by atoms with Gasteiger partial charge in [0.25, 0.3) is 0 Å². The van der Waals surface area contributed by atoms with Crippen LogP contribution < -0.4 is 0 Å². The first-order valence-electron chi connectivity index (χ1n) is 6.06. The summed E-state index contributed by atoms with van der Waals surface area (Å²) in [4.78, 5) is 23.0. The fourth-order valence-corrected chi connectivity index (χ4v) is 3.01. The van der Waals surface area contributed by atoms with Gasteiger partial charge in [0.1, 0.15) is 0 Å². The maximum Gasteiger partial charge on any atom is 0.348 e. The molecule has 0 aromatic heterocycles. The number of carbonyl (C=O) groups excluding carboxylic acids is 1. The summed E-state index contributed by atoms with van der Waals surface area (Å²) in [6, 6.07) is 0. The topological polar surface area (TPSA) is 63.6 Å². The van der Waals surface area contributed by atoms with E-state index >= 15 is 0 Å². The third-order valence-corrected chi connectivity index (χ3v) is 4.04. The number of carboxylic acid groups (broad SMARTS) is 1. The lowest BCUT2D eigenvalue weighted by atomic mass is 9.80. The van der Waals surface area contributed by atoms with Crippen molar-refractivity contribution in [3.63, 3.8) is 0 Å². The fourth-order valence-electron chi connectivity index (χ4n) is 3.01. The minimum absolute atomic E-state index is 0.0190. The highest BCUT2D eigenvalue weighted by molar-refractivity contribution is 5.87. The van der Waals surface area contributed by atoms with Crippen LogP contribution in [0.3, 0.4) is 0 Å². The second-order valence-electron chi connectivity index (χ2n) is 4.91. The first-order valence-corrected chi connectivity index (χ1v) is 6.06. The van der Waals surface area contributed by atoms with Crippen LogP contribution in [-0.2, 0) is 14.3 Å². The highest BCUT2D eigenvalue weighted by Gasteiger charge is 2.57. The Morgan fingerprint density at radius 1 is 1.50 bits per heavy atom. The number of rotatable bonds is 3. The van der Waals surface area contributed by atoms with Crippen LogP contribution in [0.15, 0.2) is 0 Å². The summed E-state index contributed by atoms with van der Waals surface area (Å²) < 4.78 is 5.26. The van der Waals surface area contributed by atoms with Crippen molar-refractivity contribution in [2.24, 2.45) is 11.8 Å². The summed E-state index contributed by atoms with van der Waals surface area (Å²) in [5.41, 5.74) is -1.21. The maximum absolute atomic E-state index is 11.6. The van der Waals surface area contributed by atoms with Crippen molar-refractivity contribution in [3.8, 4) is 0 Å². The molecule has 1 heterocycles. The summed E-state index contributed by atoms with van der Waals surface area (Å²) in [5, 5.41) is 9.38. The predicted molar refractivity (Wildman–Crippen MR) is 56.8 cm³/mol. The lowest BCUT2D eigenvalue weighted by molar-refractivity contribution is -0.176. The molecular weight excluding hydrogens is 208 g/mol. The molecule has 4 heteroatoms. The standard InChI is InChI=1S/C12H18O4/c1-2-8-7-12(11(14)15,16-10(8)13)9-5-3-4-6-9/h8-9H,2-7H2,1H3,(H,14,15). The molecule has 0 spiro atoms. The van der Waals surface area contributed by atoms with Crippen LogP contribution >= 0.6 is 0 Å². The van der Waals surface area contributed by atoms with Gasteiger partial charge in [-0.25, -0.2) is 4.79 Å². The van der Waals surface area contributed by atoms with Gasteiger partial charge in [0.15, 0.2) is 0 Å². The summed E-state index contributed by atoms with van der Waals surface area (Å²) in [5.74, 6) is -1.48. The number of aliphatic carboxylic acids is 1. The van der Waals surface area contributed by atoms with E-state index in [4.69, 9.17) is 4.74 Å². The molecular formula is C12H18O4. The van der Waals surface area contributed by atoms with Crippen LogP contribution in [0, 0.1) is 11.8 Å². The van der Waals surface area contributed by atoms with E-state index in [1.807, 2.05) is 6.92 Å². The van der Waals surface area contributed by atoms with Crippen LogP contribution in [0.2, 0.25) is 0 Å². The maximum atomic E-state index is 11.6. The molecule has 0 amide bonds. The highest BCUT2D eigenvalue weighted by atomic mass is 16.6. The molecule has 1 saturated carbocycles. The number of esters is 1. The smallest absolute Gasteiger partial charge is 0.348 e. The van der Waals surface area contributed by atoms with E-state index in [-0.39, 0.29) is 17.8 Å². The van der Waals surface area contributed by atoms with Crippen LogP contribution in [0.4, 0.5) is 0 Å².